The van der Waals surface area contributed by atoms with Crippen LogP contribution in [0.15, 0.2) is 24.3 Å². The number of hydrogen-bond acceptors (Lipinski definition) is 2. The van der Waals surface area contributed by atoms with Gasteiger partial charge in [0.15, 0.2) is 0 Å². The number of likely N-dealkylation sites (tertiary alicyclic amines) is 1. The quantitative estimate of drug-likeness (QED) is 0.815. The van der Waals surface area contributed by atoms with Crippen LogP contribution in [0.25, 0.3) is 0 Å². The van der Waals surface area contributed by atoms with Gasteiger partial charge in [0.1, 0.15) is 0 Å². The van der Waals surface area contributed by atoms with Gasteiger partial charge in [-0.25, -0.2) is 0 Å². The lowest BCUT2D eigenvalue weighted by Crippen LogP contribution is -2.66. The molecule has 2 nitrogen and oxygen atoms in total. The molecule has 0 spiro atoms. The Morgan fingerprint density at radius 2 is 1.87 bits per heavy atom. The van der Waals surface area contributed by atoms with Crippen LogP contribution in [0.3, 0.4) is 0 Å². The Hall–Kier alpha value is -0.860. The third-order valence-corrected chi connectivity index (χ3v) is 3.31. The summed E-state index contributed by atoms with van der Waals surface area (Å²) >= 11 is 0. The molecule has 1 heterocycles. The molecule has 1 saturated heterocycles. The second kappa shape index (κ2) is 3.95. The Balaban J connectivity index is 1.87. The first-order valence-electron chi connectivity index (χ1n) is 5.68. The molecule has 2 rings (SSSR count). The Labute approximate surface area is 92.1 Å². The Morgan fingerprint density at radius 1 is 1.27 bits per heavy atom. The van der Waals surface area contributed by atoms with Gasteiger partial charge in [0.25, 0.3) is 0 Å². The van der Waals surface area contributed by atoms with Gasteiger partial charge in [-0.1, -0.05) is 36.8 Å². The molecule has 0 aromatic heterocycles. The zero-order chi connectivity index (χ0) is 10.9. The van der Waals surface area contributed by atoms with E-state index in [1.54, 1.807) is 0 Å². The molecular weight excluding hydrogens is 184 g/mol. The second-order valence-corrected chi connectivity index (χ2v) is 4.85. The summed E-state index contributed by atoms with van der Waals surface area (Å²) in [6.07, 6.45) is 1.08. The Kier molecular flexibility index (Phi) is 2.81. The normalized spacial score (nSPS) is 19.9. The van der Waals surface area contributed by atoms with Gasteiger partial charge in [0.2, 0.25) is 0 Å². The van der Waals surface area contributed by atoms with Crippen molar-refractivity contribution in [2.75, 3.05) is 13.1 Å². The molecule has 1 aliphatic rings. The van der Waals surface area contributed by atoms with E-state index in [0.29, 0.717) is 0 Å². The molecule has 1 aliphatic heterocycles. The maximum Gasteiger partial charge on any atom is 0.0410 e. The van der Waals surface area contributed by atoms with E-state index in [9.17, 15) is 0 Å². The summed E-state index contributed by atoms with van der Waals surface area (Å²) in [4.78, 5) is 2.41. The van der Waals surface area contributed by atoms with Crippen molar-refractivity contribution in [2.24, 2.45) is 5.73 Å². The molecular formula is C13H20N2. The van der Waals surface area contributed by atoms with E-state index < -0.39 is 0 Å². The summed E-state index contributed by atoms with van der Waals surface area (Å²) in [5, 5.41) is 0. The van der Waals surface area contributed by atoms with E-state index in [-0.39, 0.29) is 5.54 Å². The predicted octanol–water partition coefficient (Wildman–Crippen LogP) is 1.92. The van der Waals surface area contributed by atoms with Gasteiger partial charge in [0, 0.05) is 25.2 Å². The third kappa shape index (κ3) is 2.39. The third-order valence-electron chi connectivity index (χ3n) is 3.31. The van der Waals surface area contributed by atoms with Crippen LogP contribution in [0.2, 0.25) is 0 Å². The molecule has 0 atom stereocenters. The van der Waals surface area contributed by atoms with Gasteiger partial charge in [-0.3, -0.25) is 4.90 Å². The monoisotopic (exact) mass is 204 g/mol. The van der Waals surface area contributed by atoms with E-state index in [1.165, 1.54) is 11.1 Å². The number of benzene rings is 1. The minimum atomic E-state index is 0.0880. The highest BCUT2D eigenvalue weighted by Gasteiger charge is 2.37. The first kappa shape index (κ1) is 10.7. The molecule has 1 aromatic rings. The zero-order valence-corrected chi connectivity index (χ0v) is 9.66. The summed E-state index contributed by atoms with van der Waals surface area (Å²) < 4.78 is 0. The van der Waals surface area contributed by atoms with Crippen LogP contribution >= 0.6 is 0 Å². The van der Waals surface area contributed by atoms with Crippen molar-refractivity contribution >= 4 is 0 Å². The van der Waals surface area contributed by atoms with Gasteiger partial charge >= 0.3 is 0 Å². The SMILES string of the molecule is CCC1(N)CN(Cc2ccc(C)cc2)C1. The topological polar surface area (TPSA) is 29.3 Å². The molecule has 0 amide bonds. The maximum absolute atomic E-state index is 6.13. The van der Waals surface area contributed by atoms with E-state index in [0.717, 1.165) is 26.1 Å². The minimum Gasteiger partial charge on any atom is -0.323 e. The van der Waals surface area contributed by atoms with Crippen LogP contribution in [0.4, 0.5) is 0 Å². The largest absolute Gasteiger partial charge is 0.323 e. The van der Waals surface area contributed by atoms with Crippen LogP contribution in [0.1, 0.15) is 24.5 Å². The minimum absolute atomic E-state index is 0.0880. The number of hydrogen-bond donors (Lipinski definition) is 1. The fourth-order valence-electron chi connectivity index (χ4n) is 2.13. The Bertz CT molecular complexity index is 323. The van der Waals surface area contributed by atoms with Crippen LogP contribution in [0, 0.1) is 6.92 Å². The lowest BCUT2D eigenvalue weighted by Gasteiger charge is -2.47. The molecule has 1 aromatic carbocycles. The van der Waals surface area contributed by atoms with Crippen molar-refractivity contribution in [3.05, 3.63) is 35.4 Å². The van der Waals surface area contributed by atoms with Gasteiger partial charge in [0.05, 0.1) is 0 Å². The molecule has 0 saturated carbocycles. The van der Waals surface area contributed by atoms with E-state index in [2.05, 4.69) is 43.0 Å². The summed E-state index contributed by atoms with van der Waals surface area (Å²) in [7, 11) is 0. The van der Waals surface area contributed by atoms with Crippen molar-refractivity contribution < 1.29 is 0 Å². The standard InChI is InChI=1S/C13H20N2/c1-3-13(14)9-15(10-13)8-12-6-4-11(2)5-7-12/h4-7H,3,8-10,14H2,1-2H3. The highest BCUT2D eigenvalue weighted by molar-refractivity contribution is 5.21. The molecule has 2 heteroatoms. The number of nitrogens with two attached hydrogens (primary N) is 1. The second-order valence-electron chi connectivity index (χ2n) is 4.85. The lowest BCUT2D eigenvalue weighted by molar-refractivity contribution is 0.0607. The van der Waals surface area contributed by atoms with Crippen molar-refractivity contribution in [3.8, 4) is 0 Å². The van der Waals surface area contributed by atoms with Crippen molar-refractivity contribution in [1.82, 2.24) is 4.90 Å². The highest BCUT2D eigenvalue weighted by atomic mass is 15.2. The molecule has 0 unspecified atom stereocenters. The number of nitrogens with zero attached hydrogens (tertiary/aromatic N) is 1. The average Bonchev–Trinajstić information content (AvgIpc) is 2.19. The smallest absolute Gasteiger partial charge is 0.0410 e. The maximum atomic E-state index is 6.13. The lowest BCUT2D eigenvalue weighted by atomic mass is 9.88. The summed E-state index contributed by atoms with van der Waals surface area (Å²) in [6.45, 7) is 7.41. The van der Waals surface area contributed by atoms with Gasteiger partial charge in [-0.15, -0.1) is 0 Å². The highest BCUT2D eigenvalue weighted by Crippen LogP contribution is 2.23. The average molecular weight is 204 g/mol. The van der Waals surface area contributed by atoms with Crippen molar-refractivity contribution in [2.45, 2.75) is 32.4 Å². The van der Waals surface area contributed by atoms with Crippen LogP contribution < -0.4 is 5.73 Å². The fraction of sp³-hybridized carbons (Fsp3) is 0.538. The fourth-order valence-corrected chi connectivity index (χ4v) is 2.13. The predicted molar refractivity (Wildman–Crippen MR) is 63.7 cm³/mol. The molecule has 1 fully saturated rings. The molecule has 15 heavy (non-hydrogen) atoms. The summed E-state index contributed by atoms with van der Waals surface area (Å²) in [5.41, 5.74) is 8.93. The van der Waals surface area contributed by atoms with Crippen LogP contribution in [0.5, 0.6) is 0 Å². The van der Waals surface area contributed by atoms with Crippen molar-refractivity contribution in [1.29, 1.82) is 0 Å². The molecule has 0 aliphatic carbocycles. The van der Waals surface area contributed by atoms with Gasteiger partial charge in [-0.2, -0.15) is 0 Å². The van der Waals surface area contributed by atoms with E-state index in [1.807, 2.05) is 0 Å². The summed E-state index contributed by atoms with van der Waals surface area (Å²) in [6, 6.07) is 8.75. The van der Waals surface area contributed by atoms with E-state index >= 15 is 0 Å². The Morgan fingerprint density at radius 3 is 2.40 bits per heavy atom. The van der Waals surface area contributed by atoms with Gasteiger partial charge in [-0.05, 0) is 18.9 Å². The van der Waals surface area contributed by atoms with Gasteiger partial charge < -0.3 is 5.73 Å². The summed E-state index contributed by atoms with van der Waals surface area (Å²) in [5.74, 6) is 0. The van der Waals surface area contributed by atoms with Crippen molar-refractivity contribution in [3.63, 3.8) is 0 Å². The molecule has 0 radical (unpaired) electrons. The number of aryl methyl sites for hydroxylation is 1. The zero-order valence-electron chi connectivity index (χ0n) is 9.66. The molecule has 2 N–H and O–H groups in total. The first-order valence-corrected chi connectivity index (χ1v) is 5.68. The molecule has 82 valence electrons. The van der Waals surface area contributed by atoms with Crippen LogP contribution in [-0.2, 0) is 6.54 Å². The van der Waals surface area contributed by atoms with E-state index in [4.69, 9.17) is 5.73 Å². The van der Waals surface area contributed by atoms with Crippen LogP contribution in [-0.4, -0.2) is 23.5 Å². The first-order chi connectivity index (χ1) is 7.11. The molecule has 0 bridgehead atoms. The number of rotatable bonds is 3.